The molecule has 0 saturated heterocycles. The fourth-order valence-electron chi connectivity index (χ4n) is 2.09. The Hall–Kier alpha value is -2.78. The van der Waals surface area contributed by atoms with Crippen molar-refractivity contribution in [2.24, 2.45) is 0 Å². The lowest BCUT2D eigenvalue weighted by Crippen LogP contribution is -2.18. The van der Waals surface area contributed by atoms with Crippen LogP contribution in [-0.2, 0) is 0 Å². The molecule has 0 aliphatic rings. The number of aromatic hydroxyl groups is 1. The molecule has 0 atom stereocenters. The van der Waals surface area contributed by atoms with Crippen molar-refractivity contribution in [3.05, 3.63) is 36.4 Å². The highest BCUT2D eigenvalue weighted by atomic mass is 19.4. The summed E-state index contributed by atoms with van der Waals surface area (Å²) in [6, 6.07) is 6.04. The van der Waals surface area contributed by atoms with E-state index in [1.165, 1.54) is 12.1 Å². The van der Waals surface area contributed by atoms with Gasteiger partial charge in [-0.15, -0.1) is 26.3 Å². The van der Waals surface area contributed by atoms with Crippen molar-refractivity contribution in [3.63, 3.8) is 0 Å². The summed E-state index contributed by atoms with van der Waals surface area (Å²) >= 11 is 0. The molecule has 0 fully saturated rings. The van der Waals surface area contributed by atoms with Gasteiger partial charge in [0.05, 0.1) is 12.7 Å². The third kappa shape index (κ3) is 4.85. The van der Waals surface area contributed by atoms with Crippen LogP contribution < -0.4 is 14.2 Å². The molecule has 0 aromatic heterocycles. The average molecular weight is 368 g/mol. The second-order valence-electron chi connectivity index (χ2n) is 4.61. The van der Waals surface area contributed by atoms with Gasteiger partial charge in [0.25, 0.3) is 0 Å². The summed E-state index contributed by atoms with van der Waals surface area (Å²) in [7, 11) is 1.03. The predicted octanol–water partition coefficient (Wildman–Crippen LogP) is 4.87. The van der Waals surface area contributed by atoms with E-state index >= 15 is 0 Å². The minimum Gasteiger partial charge on any atom is -0.507 e. The highest BCUT2D eigenvalue weighted by Crippen LogP contribution is 2.46. The largest absolute Gasteiger partial charge is 0.573 e. The molecule has 1 N–H and O–H groups in total. The van der Waals surface area contributed by atoms with Crippen molar-refractivity contribution in [3.8, 4) is 34.1 Å². The second kappa shape index (κ2) is 6.61. The van der Waals surface area contributed by atoms with Crippen molar-refractivity contribution in [1.29, 1.82) is 0 Å². The number of phenols is 1. The molecule has 136 valence electrons. The first kappa shape index (κ1) is 18.6. The van der Waals surface area contributed by atoms with E-state index < -0.39 is 35.7 Å². The standard InChI is InChI=1S/C15H10F6O4/c1-23-13-11(25-15(19,20)21)6-5-10(22)12(13)8-3-2-4-9(7-8)24-14(16,17)18/h2-7,22H,1H3. The zero-order valence-corrected chi connectivity index (χ0v) is 12.4. The van der Waals surface area contributed by atoms with Crippen molar-refractivity contribution in [2.45, 2.75) is 12.7 Å². The van der Waals surface area contributed by atoms with Crippen LogP contribution in [0, 0.1) is 0 Å². The molecule has 0 spiro atoms. The van der Waals surface area contributed by atoms with Gasteiger partial charge in [-0.1, -0.05) is 12.1 Å². The van der Waals surface area contributed by atoms with Crippen LogP contribution in [0.5, 0.6) is 23.0 Å². The maximum absolute atomic E-state index is 12.5. The maximum Gasteiger partial charge on any atom is 0.573 e. The molecule has 0 aliphatic heterocycles. The topological polar surface area (TPSA) is 47.9 Å². The zero-order chi connectivity index (χ0) is 18.8. The van der Waals surface area contributed by atoms with E-state index in [2.05, 4.69) is 9.47 Å². The van der Waals surface area contributed by atoms with Crippen molar-refractivity contribution in [2.75, 3.05) is 7.11 Å². The van der Waals surface area contributed by atoms with E-state index in [0.717, 1.165) is 31.4 Å². The summed E-state index contributed by atoms with van der Waals surface area (Å²) in [5.74, 6) is -2.39. The van der Waals surface area contributed by atoms with Crippen LogP contribution in [0.15, 0.2) is 36.4 Å². The van der Waals surface area contributed by atoms with E-state index in [0.29, 0.717) is 0 Å². The summed E-state index contributed by atoms with van der Waals surface area (Å²) in [5.41, 5.74) is -0.347. The first-order valence-electron chi connectivity index (χ1n) is 6.52. The Morgan fingerprint density at radius 3 is 2.08 bits per heavy atom. The summed E-state index contributed by atoms with van der Waals surface area (Å²) in [4.78, 5) is 0. The molecule has 10 heteroatoms. The van der Waals surface area contributed by atoms with Crippen molar-refractivity contribution in [1.82, 2.24) is 0 Å². The van der Waals surface area contributed by atoms with Gasteiger partial charge in [-0.3, -0.25) is 0 Å². The number of phenolic OH excluding ortho intramolecular Hbond substituents is 1. The number of hydrogen-bond acceptors (Lipinski definition) is 4. The smallest absolute Gasteiger partial charge is 0.507 e. The Morgan fingerprint density at radius 1 is 0.880 bits per heavy atom. The highest BCUT2D eigenvalue weighted by Gasteiger charge is 2.34. The molecule has 2 rings (SSSR count). The highest BCUT2D eigenvalue weighted by molar-refractivity contribution is 5.80. The van der Waals surface area contributed by atoms with Crippen molar-refractivity contribution < 1.29 is 45.7 Å². The molecule has 2 aromatic rings. The molecule has 0 saturated carbocycles. The molecule has 0 heterocycles. The molecule has 2 aromatic carbocycles. The summed E-state index contributed by atoms with van der Waals surface area (Å²) in [6.45, 7) is 0. The van der Waals surface area contributed by atoms with Crippen LogP contribution in [0.1, 0.15) is 0 Å². The molecule has 0 unspecified atom stereocenters. The first-order chi connectivity index (χ1) is 11.5. The van der Waals surface area contributed by atoms with Crippen LogP contribution in [0.25, 0.3) is 11.1 Å². The Bertz CT molecular complexity index is 755. The van der Waals surface area contributed by atoms with E-state index in [1.807, 2.05) is 0 Å². The predicted molar refractivity (Wildman–Crippen MR) is 73.5 cm³/mol. The number of benzene rings is 2. The molecule has 0 aliphatic carbocycles. The number of alkyl halides is 6. The molecular weight excluding hydrogens is 358 g/mol. The number of ether oxygens (including phenoxy) is 3. The quantitative estimate of drug-likeness (QED) is 0.783. The van der Waals surface area contributed by atoms with Gasteiger partial charge in [-0.05, 0) is 29.8 Å². The van der Waals surface area contributed by atoms with E-state index in [9.17, 15) is 31.4 Å². The lowest BCUT2D eigenvalue weighted by atomic mass is 10.0. The number of methoxy groups -OCH3 is 1. The van der Waals surface area contributed by atoms with Crippen molar-refractivity contribution >= 4 is 0 Å². The lowest BCUT2D eigenvalue weighted by Gasteiger charge is -2.17. The number of halogens is 6. The molecule has 0 radical (unpaired) electrons. The molecular formula is C15H10F6O4. The Kier molecular flexibility index (Phi) is 4.91. The van der Waals surface area contributed by atoms with Gasteiger partial charge in [0.1, 0.15) is 11.5 Å². The minimum atomic E-state index is -5.03. The van der Waals surface area contributed by atoms with Gasteiger partial charge in [0.15, 0.2) is 11.5 Å². The summed E-state index contributed by atoms with van der Waals surface area (Å²) < 4.78 is 86.7. The Morgan fingerprint density at radius 2 is 1.52 bits per heavy atom. The fraction of sp³-hybridized carbons (Fsp3) is 0.200. The Labute approximate surface area is 137 Å². The number of hydrogen-bond donors (Lipinski definition) is 1. The van der Waals surface area contributed by atoms with Gasteiger partial charge < -0.3 is 19.3 Å². The fourth-order valence-corrected chi connectivity index (χ4v) is 2.09. The first-order valence-corrected chi connectivity index (χ1v) is 6.52. The normalized spacial score (nSPS) is 12.0. The molecule has 0 bridgehead atoms. The van der Waals surface area contributed by atoms with Gasteiger partial charge in [0, 0.05) is 0 Å². The van der Waals surface area contributed by atoms with Gasteiger partial charge in [-0.25, -0.2) is 0 Å². The maximum atomic E-state index is 12.5. The van der Waals surface area contributed by atoms with Crippen LogP contribution in [-0.4, -0.2) is 24.9 Å². The summed E-state index contributed by atoms with van der Waals surface area (Å²) in [5, 5.41) is 9.94. The monoisotopic (exact) mass is 368 g/mol. The molecule has 25 heavy (non-hydrogen) atoms. The van der Waals surface area contributed by atoms with Gasteiger partial charge in [-0.2, -0.15) is 0 Å². The minimum absolute atomic E-state index is 0.0660. The average Bonchev–Trinajstić information content (AvgIpc) is 2.45. The number of rotatable bonds is 4. The van der Waals surface area contributed by atoms with E-state index in [-0.39, 0.29) is 11.1 Å². The third-order valence-electron chi connectivity index (χ3n) is 2.89. The van der Waals surface area contributed by atoms with Gasteiger partial charge in [0.2, 0.25) is 0 Å². The summed E-state index contributed by atoms with van der Waals surface area (Å²) in [6.07, 6.45) is -9.98. The van der Waals surface area contributed by atoms with Crippen LogP contribution >= 0.6 is 0 Å². The van der Waals surface area contributed by atoms with E-state index in [4.69, 9.17) is 4.74 Å². The van der Waals surface area contributed by atoms with Crippen LogP contribution in [0.4, 0.5) is 26.3 Å². The second-order valence-corrected chi connectivity index (χ2v) is 4.61. The SMILES string of the molecule is COc1c(OC(F)(F)F)ccc(O)c1-c1cccc(OC(F)(F)F)c1. The molecule has 4 nitrogen and oxygen atoms in total. The van der Waals surface area contributed by atoms with E-state index in [1.54, 1.807) is 0 Å². The van der Waals surface area contributed by atoms with Crippen LogP contribution in [0.2, 0.25) is 0 Å². The lowest BCUT2D eigenvalue weighted by molar-refractivity contribution is -0.275. The van der Waals surface area contributed by atoms with Crippen LogP contribution in [0.3, 0.4) is 0 Å². The third-order valence-corrected chi connectivity index (χ3v) is 2.89. The molecule has 0 amide bonds. The van der Waals surface area contributed by atoms with Gasteiger partial charge >= 0.3 is 12.7 Å². The zero-order valence-electron chi connectivity index (χ0n) is 12.4. The Balaban J connectivity index is 2.55.